The number of hydrogen-bond acceptors (Lipinski definition) is 9. The molecule has 0 N–H and O–H groups in total. The number of amides is 1. The molecule has 7 rings (SSSR count). The number of likely N-dealkylation sites (N-methyl/N-ethyl adjacent to an activating group) is 1. The van der Waals surface area contributed by atoms with Crippen molar-refractivity contribution in [1.82, 2.24) is 34.5 Å². The summed E-state index contributed by atoms with van der Waals surface area (Å²) in [6.45, 7) is 5.56. The Kier molecular flexibility index (Phi) is 8.35. The second kappa shape index (κ2) is 12.5. The van der Waals surface area contributed by atoms with Crippen LogP contribution in [-0.2, 0) is 33.9 Å². The van der Waals surface area contributed by atoms with Crippen LogP contribution in [-0.4, -0.2) is 90.8 Å². The Hall–Kier alpha value is -4.13. The van der Waals surface area contributed by atoms with E-state index in [9.17, 15) is 14.4 Å². The quantitative estimate of drug-likeness (QED) is 0.174. The Balaban J connectivity index is 1.21. The number of Topliss-reactive ketones (excluding diaryl/α,β-unsaturated/α-hetero) is 2. The topological polar surface area (TPSA) is 123 Å². The van der Waals surface area contributed by atoms with Crippen LogP contribution < -0.4 is 0 Å². The van der Waals surface area contributed by atoms with Crippen molar-refractivity contribution in [2.75, 3.05) is 26.7 Å². The fourth-order valence-corrected chi connectivity index (χ4v) is 7.56. The predicted molar refractivity (Wildman–Crippen MR) is 179 cm³/mol. The molecule has 2 fully saturated rings. The van der Waals surface area contributed by atoms with Gasteiger partial charge in [-0.2, -0.15) is 5.10 Å². The SMILES string of the molecule is CC(=O)c1nn(CC(=O)N2[C@H]3C[C@]4(C[C@@H]24)CN(C)CC=CCOCc2ccc(Br)nc2CC3=O)c2ccc(-c3cnc(C)nc3)cc12. The van der Waals surface area contributed by atoms with E-state index in [0.29, 0.717) is 52.4 Å². The van der Waals surface area contributed by atoms with Crippen molar-refractivity contribution < 1.29 is 19.1 Å². The summed E-state index contributed by atoms with van der Waals surface area (Å²) in [5, 5.41) is 5.28. The van der Waals surface area contributed by atoms with E-state index in [4.69, 9.17) is 4.74 Å². The van der Waals surface area contributed by atoms with E-state index in [0.717, 1.165) is 36.2 Å². The van der Waals surface area contributed by atoms with E-state index in [1.54, 1.807) is 17.1 Å². The Morgan fingerprint density at radius 3 is 2.68 bits per heavy atom. The normalized spacial score (nSPS) is 23.2. The van der Waals surface area contributed by atoms with Gasteiger partial charge in [0.15, 0.2) is 11.6 Å². The molecule has 3 aromatic heterocycles. The number of carbonyl (C=O) groups excluding carboxylic acids is 3. The van der Waals surface area contributed by atoms with Gasteiger partial charge in [0.05, 0.1) is 36.9 Å². The number of carbonyl (C=O) groups is 3. The smallest absolute Gasteiger partial charge is 0.245 e. The maximum Gasteiger partial charge on any atom is 0.245 e. The van der Waals surface area contributed by atoms with Gasteiger partial charge < -0.3 is 14.5 Å². The number of rotatable bonds is 4. The van der Waals surface area contributed by atoms with E-state index in [1.807, 2.05) is 48.2 Å². The van der Waals surface area contributed by atoms with Gasteiger partial charge in [-0.3, -0.25) is 19.1 Å². The maximum atomic E-state index is 14.3. The molecule has 1 saturated heterocycles. The molecule has 47 heavy (non-hydrogen) atoms. The summed E-state index contributed by atoms with van der Waals surface area (Å²) >= 11 is 3.45. The number of hydrogen-bond donors (Lipinski definition) is 0. The van der Waals surface area contributed by atoms with Crippen LogP contribution in [0.3, 0.4) is 0 Å². The number of ether oxygens (including phenoxy) is 1. The number of piperidine rings is 1. The zero-order valence-corrected chi connectivity index (χ0v) is 28.2. The fraction of sp³-hybridized carbons (Fsp3) is 0.400. The van der Waals surface area contributed by atoms with Crippen molar-refractivity contribution in [2.24, 2.45) is 5.41 Å². The Morgan fingerprint density at radius 2 is 1.89 bits per heavy atom. The van der Waals surface area contributed by atoms with Gasteiger partial charge in [0.2, 0.25) is 5.91 Å². The standard InChI is InChI=1S/C35H36BrN7O4/c1-21(44)34-26-12-23(25-16-37-22(2)38-17-25)6-8-28(26)42(40-34)18-33(46)43-29-14-35(15-31(35)43)20-41(3)10-4-5-11-47-19-24-7-9-32(36)39-27(24)13-30(29)45/h4-9,12,16-17,29,31H,10-11,13-15,18-20H2,1-3H3/t29-,31+,35-/m0/s1. The molecule has 0 radical (unpaired) electrons. The first-order valence-corrected chi connectivity index (χ1v) is 16.6. The lowest BCUT2D eigenvalue weighted by molar-refractivity contribution is -0.139. The molecule has 1 amide bonds. The highest BCUT2D eigenvalue weighted by Crippen LogP contribution is 2.60. The summed E-state index contributed by atoms with van der Waals surface area (Å²) in [4.78, 5) is 58.4. The van der Waals surface area contributed by atoms with Crippen molar-refractivity contribution in [1.29, 1.82) is 0 Å². The number of aryl methyl sites for hydroxylation is 1. The monoisotopic (exact) mass is 697 g/mol. The summed E-state index contributed by atoms with van der Waals surface area (Å²) < 4.78 is 8.12. The van der Waals surface area contributed by atoms with Crippen LogP contribution in [0.4, 0.5) is 0 Å². The molecular weight excluding hydrogens is 662 g/mol. The molecule has 12 heteroatoms. The maximum absolute atomic E-state index is 14.3. The van der Waals surface area contributed by atoms with Gasteiger partial charge in [0.25, 0.3) is 0 Å². The zero-order chi connectivity index (χ0) is 32.9. The van der Waals surface area contributed by atoms with Crippen LogP contribution in [0.2, 0.25) is 0 Å². The minimum absolute atomic E-state index is 0.0351. The number of halogens is 1. The molecule has 2 aliphatic heterocycles. The van der Waals surface area contributed by atoms with Gasteiger partial charge in [-0.15, -0.1) is 0 Å². The van der Waals surface area contributed by atoms with Gasteiger partial charge in [-0.25, -0.2) is 15.0 Å². The van der Waals surface area contributed by atoms with Crippen LogP contribution in [0, 0.1) is 12.3 Å². The van der Waals surface area contributed by atoms with Crippen molar-refractivity contribution in [3.63, 3.8) is 0 Å². The minimum Gasteiger partial charge on any atom is -0.373 e. The number of fused-ring (bicyclic) bond motifs is 3. The molecule has 1 saturated carbocycles. The molecule has 5 heterocycles. The van der Waals surface area contributed by atoms with E-state index >= 15 is 0 Å². The Morgan fingerprint density at radius 1 is 1.09 bits per heavy atom. The van der Waals surface area contributed by atoms with E-state index in [2.05, 4.69) is 54.0 Å². The molecule has 0 unspecified atom stereocenters. The number of aromatic nitrogens is 5. The summed E-state index contributed by atoms with van der Waals surface area (Å²) in [6, 6.07) is 8.85. The van der Waals surface area contributed by atoms with Gasteiger partial charge in [-0.1, -0.05) is 24.3 Å². The molecule has 242 valence electrons. The molecule has 1 aromatic carbocycles. The first kappa shape index (κ1) is 31.5. The molecule has 1 spiro atoms. The third-order valence-electron chi connectivity index (χ3n) is 9.58. The van der Waals surface area contributed by atoms with Gasteiger partial charge in [0.1, 0.15) is 22.7 Å². The van der Waals surface area contributed by atoms with Gasteiger partial charge in [-0.05, 0) is 72.1 Å². The first-order chi connectivity index (χ1) is 22.6. The van der Waals surface area contributed by atoms with Crippen LogP contribution in [0.1, 0.15) is 47.3 Å². The van der Waals surface area contributed by atoms with E-state index in [1.165, 1.54) is 6.92 Å². The van der Waals surface area contributed by atoms with Crippen LogP contribution in [0.15, 0.2) is 59.5 Å². The summed E-state index contributed by atoms with van der Waals surface area (Å²) in [5.41, 5.74) is 4.00. The largest absolute Gasteiger partial charge is 0.373 e. The van der Waals surface area contributed by atoms with Crippen molar-refractivity contribution in [3.8, 4) is 11.1 Å². The van der Waals surface area contributed by atoms with Crippen molar-refractivity contribution >= 4 is 44.3 Å². The van der Waals surface area contributed by atoms with E-state index < -0.39 is 6.04 Å². The molecule has 3 aliphatic rings. The second-order valence-corrected chi connectivity index (χ2v) is 13.8. The molecule has 4 aromatic rings. The lowest BCUT2D eigenvalue weighted by atomic mass is 9.94. The van der Waals surface area contributed by atoms with Gasteiger partial charge >= 0.3 is 0 Å². The number of benzene rings is 1. The van der Waals surface area contributed by atoms with Crippen LogP contribution in [0.5, 0.6) is 0 Å². The van der Waals surface area contributed by atoms with E-state index in [-0.39, 0.29) is 41.9 Å². The van der Waals surface area contributed by atoms with Crippen molar-refractivity contribution in [2.45, 2.75) is 58.3 Å². The predicted octanol–water partition coefficient (Wildman–Crippen LogP) is 4.35. The zero-order valence-electron chi connectivity index (χ0n) is 26.6. The molecule has 3 atom stereocenters. The average molecular weight is 699 g/mol. The number of likely N-dealkylation sites (tertiary alicyclic amines) is 1. The fourth-order valence-electron chi connectivity index (χ4n) is 7.21. The molecule has 11 nitrogen and oxygen atoms in total. The van der Waals surface area contributed by atoms with Crippen LogP contribution in [0.25, 0.3) is 22.0 Å². The summed E-state index contributed by atoms with van der Waals surface area (Å²) in [5.74, 6) is 0.259. The van der Waals surface area contributed by atoms with Crippen molar-refractivity contribution in [3.05, 3.63) is 82.3 Å². The average Bonchev–Trinajstić information content (AvgIpc) is 3.44. The second-order valence-electron chi connectivity index (χ2n) is 13.0. The Labute approximate surface area is 281 Å². The highest BCUT2D eigenvalue weighted by atomic mass is 79.9. The minimum atomic E-state index is -0.577. The first-order valence-electron chi connectivity index (χ1n) is 15.8. The molecular formula is C35H36BrN7O4. The molecule has 1 aliphatic carbocycles. The van der Waals surface area contributed by atoms with Crippen LogP contribution >= 0.6 is 15.9 Å². The Bertz CT molecular complexity index is 1920. The van der Waals surface area contributed by atoms with Gasteiger partial charge in [0, 0.05) is 54.8 Å². The highest BCUT2D eigenvalue weighted by Gasteiger charge is 2.66. The number of ketones is 2. The molecule has 2 bridgehead atoms. The summed E-state index contributed by atoms with van der Waals surface area (Å²) in [7, 11) is 2.07. The number of pyridine rings is 1. The highest BCUT2D eigenvalue weighted by molar-refractivity contribution is 9.10. The lowest BCUT2D eigenvalue weighted by Crippen LogP contribution is -2.45. The third kappa shape index (κ3) is 6.17. The third-order valence-corrected chi connectivity index (χ3v) is 10.0. The lowest BCUT2D eigenvalue weighted by Gasteiger charge is -2.27. The summed E-state index contributed by atoms with van der Waals surface area (Å²) in [6.07, 6.45) is 9.17. The number of nitrogens with zero attached hydrogens (tertiary/aromatic N) is 7.